The second-order valence-electron chi connectivity index (χ2n) is 6.67. The van der Waals surface area contributed by atoms with Gasteiger partial charge in [0.1, 0.15) is 18.1 Å². The van der Waals surface area contributed by atoms with E-state index in [1.165, 1.54) is 0 Å². The minimum absolute atomic E-state index is 0.328. The Bertz CT molecular complexity index is 916. The molecule has 0 saturated carbocycles. The van der Waals surface area contributed by atoms with Crippen molar-refractivity contribution in [3.05, 3.63) is 42.0 Å². The van der Waals surface area contributed by atoms with Gasteiger partial charge in [-0.2, -0.15) is 0 Å². The summed E-state index contributed by atoms with van der Waals surface area (Å²) in [4.78, 5) is 19.9. The molecule has 0 unspecified atom stereocenters. The van der Waals surface area contributed by atoms with Crippen LogP contribution in [-0.2, 0) is 4.74 Å². The number of halogens is 2. The zero-order valence-corrected chi connectivity index (χ0v) is 19.0. The number of rotatable bonds is 10. The van der Waals surface area contributed by atoms with Crippen molar-refractivity contribution >= 4 is 52.6 Å². The molecule has 1 aliphatic heterocycles. The standard InChI is InChI=1S/C22H25Cl2N3O4/c1-29-20-14-19(26(9-7-23)10-8-24)21(30-2)13-16(20)15-25-17-3-5-18(6-4-17)27-11-12-31-22(27)28/h3-6,13-15H,7-12H2,1-2H3. The van der Waals surface area contributed by atoms with E-state index in [4.69, 9.17) is 37.4 Å². The number of carbonyl (C=O) groups excluding carboxylic acids is 1. The minimum Gasteiger partial charge on any atom is -0.496 e. The lowest BCUT2D eigenvalue weighted by Crippen LogP contribution is -2.28. The predicted molar refractivity (Wildman–Crippen MR) is 126 cm³/mol. The molecule has 0 bridgehead atoms. The number of anilines is 2. The highest BCUT2D eigenvalue weighted by Gasteiger charge is 2.23. The fourth-order valence-electron chi connectivity index (χ4n) is 3.30. The van der Waals surface area contributed by atoms with E-state index in [0.29, 0.717) is 49.5 Å². The number of alkyl halides is 2. The molecule has 1 fully saturated rings. The molecule has 7 nitrogen and oxygen atoms in total. The van der Waals surface area contributed by atoms with Crippen LogP contribution in [0.4, 0.5) is 21.9 Å². The third-order valence-corrected chi connectivity index (χ3v) is 5.19. The van der Waals surface area contributed by atoms with E-state index < -0.39 is 0 Å². The van der Waals surface area contributed by atoms with E-state index in [9.17, 15) is 4.79 Å². The Balaban J connectivity index is 1.84. The maximum atomic E-state index is 11.7. The Labute approximate surface area is 192 Å². The van der Waals surface area contributed by atoms with E-state index in [1.54, 1.807) is 25.3 Å². The van der Waals surface area contributed by atoms with Gasteiger partial charge in [0.05, 0.1) is 32.1 Å². The molecule has 0 N–H and O–H groups in total. The second kappa shape index (κ2) is 11.1. The van der Waals surface area contributed by atoms with Crippen LogP contribution in [0.1, 0.15) is 5.56 Å². The quantitative estimate of drug-likeness (QED) is 0.376. The zero-order valence-electron chi connectivity index (χ0n) is 17.5. The van der Waals surface area contributed by atoms with Crippen LogP contribution in [0.25, 0.3) is 0 Å². The van der Waals surface area contributed by atoms with Crippen LogP contribution in [0.2, 0.25) is 0 Å². The van der Waals surface area contributed by atoms with Crippen LogP contribution in [0.15, 0.2) is 41.4 Å². The molecule has 0 aliphatic carbocycles. The van der Waals surface area contributed by atoms with Crippen molar-refractivity contribution in [3.63, 3.8) is 0 Å². The van der Waals surface area contributed by atoms with Gasteiger partial charge < -0.3 is 19.1 Å². The van der Waals surface area contributed by atoms with Crippen LogP contribution in [-0.4, -0.2) is 64.5 Å². The first kappa shape index (κ1) is 23.0. The van der Waals surface area contributed by atoms with Crippen LogP contribution >= 0.6 is 23.2 Å². The van der Waals surface area contributed by atoms with Gasteiger partial charge in [-0.15, -0.1) is 23.2 Å². The number of ether oxygens (including phenoxy) is 3. The SMILES string of the molecule is COc1cc(N(CCCl)CCCl)c(OC)cc1C=Nc1ccc(N2CCOC2=O)cc1. The van der Waals surface area contributed by atoms with Crippen molar-refractivity contribution in [2.75, 3.05) is 62.0 Å². The Morgan fingerprint density at radius 3 is 2.32 bits per heavy atom. The summed E-state index contributed by atoms with van der Waals surface area (Å²) in [5, 5.41) is 0. The number of hydrogen-bond acceptors (Lipinski definition) is 6. The molecule has 166 valence electrons. The summed E-state index contributed by atoms with van der Waals surface area (Å²) in [5.74, 6) is 2.28. The molecule has 0 aromatic heterocycles. The van der Waals surface area contributed by atoms with Crippen molar-refractivity contribution in [2.24, 2.45) is 4.99 Å². The molecule has 1 amide bonds. The molecule has 1 saturated heterocycles. The Hall–Kier alpha value is -2.64. The lowest BCUT2D eigenvalue weighted by molar-refractivity contribution is 0.181. The summed E-state index contributed by atoms with van der Waals surface area (Å²) in [6.45, 7) is 2.23. The van der Waals surface area contributed by atoms with Gasteiger partial charge in [-0.1, -0.05) is 0 Å². The predicted octanol–water partition coefficient (Wildman–Crippen LogP) is 4.70. The van der Waals surface area contributed by atoms with Crippen molar-refractivity contribution in [1.82, 2.24) is 0 Å². The van der Waals surface area contributed by atoms with E-state index in [2.05, 4.69) is 9.89 Å². The molecule has 2 aromatic rings. The van der Waals surface area contributed by atoms with Crippen molar-refractivity contribution in [3.8, 4) is 11.5 Å². The Morgan fingerprint density at radius 1 is 1.10 bits per heavy atom. The molecular weight excluding hydrogens is 441 g/mol. The van der Waals surface area contributed by atoms with Crippen molar-refractivity contribution in [2.45, 2.75) is 0 Å². The van der Waals surface area contributed by atoms with Crippen LogP contribution < -0.4 is 19.3 Å². The van der Waals surface area contributed by atoms with Gasteiger partial charge in [-0.25, -0.2) is 4.79 Å². The molecule has 2 aromatic carbocycles. The molecular formula is C22H25Cl2N3O4. The summed E-state index contributed by atoms with van der Waals surface area (Å²) in [7, 11) is 3.23. The van der Waals surface area contributed by atoms with E-state index in [0.717, 1.165) is 22.6 Å². The number of nitrogens with zero attached hydrogens (tertiary/aromatic N) is 3. The summed E-state index contributed by atoms with van der Waals surface area (Å²) in [5.41, 5.74) is 3.16. The molecule has 3 rings (SSSR count). The fourth-order valence-corrected chi connectivity index (χ4v) is 3.71. The van der Waals surface area contributed by atoms with E-state index in [-0.39, 0.29) is 6.09 Å². The maximum Gasteiger partial charge on any atom is 0.414 e. The largest absolute Gasteiger partial charge is 0.496 e. The fraction of sp³-hybridized carbons (Fsp3) is 0.364. The van der Waals surface area contributed by atoms with Gasteiger partial charge >= 0.3 is 6.09 Å². The number of cyclic esters (lactones) is 1. The zero-order chi connectivity index (χ0) is 22.2. The average molecular weight is 466 g/mol. The molecule has 0 spiro atoms. The summed E-state index contributed by atoms with van der Waals surface area (Å²) in [6.07, 6.45) is 1.39. The molecule has 0 radical (unpaired) electrons. The first-order valence-electron chi connectivity index (χ1n) is 9.82. The van der Waals surface area contributed by atoms with Crippen LogP contribution in [0, 0.1) is 0 Å². The second-order valence-corrected chi connectivity index (χ2v) is 7.43. The van der Waals surface area contributed by atoms with Gasteiger partial charge in [0.15, 0.2) is 0 Å². The minimum atomic E-state index is -0.328. The average Bonchev–Trinajstić information content (AvgIpc) is 3.23. The Kier molecular flexibility index (Phi) is 8.26. The maximum absolute atomic E-state index is 11.7. The van der Waals surface area contributed by atoms with Crippen LogP contribution in [0.5, 0.6) is 11.5 Å². The van der Waals surface area contributed by atoms with Gasteiger partial charge in [0.2, 0.25) is 0 Å². The molecule has 1 heterocycles. The normalized spacial score (nSPS) is 13.5. The number of aliphatic imine (C=N–C) groups is 1. The molecule has 1 aliphatic rings. The van der Waals surface area contributed by atoms with Gasteiger partial charge in [0, 0.05) is 48.4 Å². The third-order valence-electron chi connectivity index (χ3n) is 4.86. The van der Waals surface area contributed by atoms with Gasteiger partial charge in [-0.05, 0) is 30.3 Å². The van der Waals surface area contributed by atoms with Crippen LogP contribution in [0.3, 0.4) is 0 Å². The highest BCUT2D eigenvalue weighted by Crippen LogP contribution is 2.35. The molecule has 0 atom stereocenters. The third kappa shape index (κ3) is 5.54. The first-order chi connectivity index (χ1) is 15.1. The number of hydrogen-bond donors (Lipinski definition) is 0. The number of carbonyl (C=O) groups is 1. The van der Waals surface area contributed by atoms with E-state index in [1.807, 2.05) is 36.4 Å². The first-order valence-corrected chi connectivity index (χ1v) is 10.9. The van der Waals surface area contributed by atoms with Gasteiger partial charge in [0.25, 0.3) is 0 Å². The topological polar surface area (TPSA) is 63.6 Å². The number of amides is 1. The highest BCUT2D eigenvalue weighted by molar-refractivity contribution is 6.18. The summed E-state index contributed by atoms with van der Waals surface area (Å²) in [6, 6.07) is 11.2. The summed E-state index contributed by atoms with van der Waals surface area (Å²) < 4.78 is 16.2. The van der Waals surface area contributed by atoms with Crippen molar-refractivity contribution in [1.29, 1.82) is 0 Å². The number of benzene rings is 2. The molecule has 9 heteroatoms. The van der Waals surface area contributed by atoms with Crippen molar-refractivity contribution < 1.29 is 19.0 Å². The monoisotopic (exact) mass is 465 g/mol. The highest BCUT2D eigenvalue weighted by atomic mass is 35.5. The van der Waals surface area contributed by atoms with E-state index >= 15 is 0 Å². The lowest BCUT2D eigenvalue weighted by atomic mass is 10.1. The lowest BCUT2D eigenvalue weighted by Gasteiger charge is -2.26. The number of methoxy groups -OCH3 is 2. The molecule has 31 heavy (non-hydrogen) atoms. The summed E-state index contributed by atoms with van der Waals surface area (Å²) >= 11 is 11.9. The van der Waals surface area contributed by atoms with Gasteiger partial charge in [-0.3, -0.25) is 9.89 Å². The smallest absolute Gasteiger partial charge is 0.414 e. The Morgan fingerprint density at radius 2 is 1.77 bits per heavy atom.